The number of nitrogens with zero attached hydrogens (tertiary/aromatic N) is 2. The van der Waals surface area contributed by atoms with Gasteiger partial charge >= 0.3 is 0 Å². The second-order valence-corrected chi connectivity index (χ2v) is 4.69. The molecule has 0 aromatic carbocycles. The molecule has 2 rings (SSSR count). The van der Waals surface area contributed by atoms with Crippen molar-refractivity contribution in [2.24, 2.45) is 0 Å². The molecule has 0 saturated heterocycles. The van der Waals surface area contributed by atoms with Crippen LogP contribution >= 0.6 is 11.8 Å². The van der Waals surface area contributed by atoms with Crippen molar-refractivity contribution in [2.45, 2.75) is 36.9 Å². The molecule has 0 unspecified atom stereocenters. The minimum atomic E-state index is 0.224. The van der Waals surface area contributed by atoms with E-state index in [1.54, 1.807) is 11.8 Å². The predicted molar refractivity (Wildman–Crippen MR) is 57.5 cm³/mol. The van der Waals surface area contributed by atoms with Crippen molar-refractivity contribution in [2.75, 3.05) is 12.4 Å². The lowest BCUT2D eigenvalue weighted by atomic mass is 10.2. The summed E-state index contributed by atoms with van der Waals surface area (Å²) in [7, 11) is 0. The van der Waals surface area contributed by atoms with Crippen molar-refractivity contribution < 1.29 is 5.11 Å². The molecule has 1 aliphatic carbocycles. The number of aliphatic hydroxyl groups excluding tert-OH is 1. The second kappa shape index (κ2) is 4.84. The maximum Gasteiger partial charge on any atom is 0.168 e. The first-order valence-electron chi connectivity index (χ1n) is 5.18. The molecule has 1 saturated carbocycles. The zero-order valence-electron chi connectivity index (χ0n) is 8.22. The molecule has 14 heavy (non-hydrogen) atoms. The Kier molecular flexibility index (Phi) is 3.48. The summed E-state index contributed by atoms with van der Waals surface area (Å²) in [4.78, 5) is 4.31. The van der Waals surface area contributed by atoms with Gasteiger partial charge in [0.2, 0.25) is 0 Å². The Labute approximate surface area is 88.5 Å². The predicted octanol–water partition coefficient (Wildman–Crippen LogP) is 2.08. The van der Waals surface area contributed by atoms with Crippen LogP contribution in [0.3, 0.4) is 0 Å². The maximum atomic E-state index is 8.76. The second-order valence-electron chi connectivity index (χ2n) is 3.63. The Morgan fingerprint density at radius 1 is 1.50 bits per heavy atom. The van der Waals surface area contributed by atoms with Crippen LogP contribution in [-0.4, -0.2) is 27.0 Å². The summed E-state index contributed by atoms with van der Waals surface area (Å²) < 4.78 is 2.27. The SMILES string of the molecule is OCCSc1nccn1C1CCCC1. The lowest BCUT2D eigenvalue weighted by molar-refractivity contribution is 0.322. The molecule has 1 aromatic rings. The van der Waals surface area contributed by atoms with Gasteiger partial charge in [-0.3, -0.25) is 0 Å². The highest BCUT2D eigenvalue weighted by atomic mass is 32.2. The van der Waals surface area contributed by atoms with Gasteiger partial charge in [-0.25, -0.2) is 4.98 Å². The third-order valence-corrected chi connectivity index (χ3v) is 3.63. The topological polar surface area (TPSA) is 38.1 Å². The Balaban J connectivity index is 2.04. The fourth-order valence-electron chi connectivity index (χ4n) is 2.01. The summed E-state index contributed by atoms with van der Waals surface area (Å²) in [6.45, 7) is 0.224. The standard InChI is InChI=1S/C10H16N2OS/c13-7-8-14-10-11-5-6-12(10)9-3-1-2-4-9/h5-6,9,13H,1-4,7-8H2. The van der Waals surface area contributed by atoms with Gasteiger partial charge in [0.1, 0.15) is 0 Å². The zero-order chi connectivity index (χ0) is 9.80. The van der Waals surface area contributed by atoms with Crippen LogP contribution < -0.4 is 0 Å². The monoisotopic (exact) mass is 212 g/mol. The molecular weight excluding hydrogens is 196 g/mol. The first-order chi connectivity index (χ1) is 6.92. The van der Waals surface area contributed by atoms with Gasteiger partial charge < -0.3 is 9.67 Å². The summed E-state index contributed by atoms with van der Waals surface area (Å²) in [6, 6.07) is 0.652. The van der Waals surface area contributed by atoms with Crippen LogP contribution in [0, 0.1) is 0 Å². The largest absolute Gasteiger partial charge is 0.396 e. The molecule has 0 spiro atoms. The highest BCUT2D eigenvalue weighted by Gasteiger charge is 2.18. The van der Waals surface area contributed by atoms with Crippen LogP contribution in [0.1, 0.15) is 31.7 Å². The minimum absolute atomic E-state index is 0.224. The molecule has 0 aliphatic heterocycles. The first kappa shape index (κ1) is 10.1. The van der Waals surface area contributed by atoms with Gasteiger partial charge in [-0.05, 0) is 12.8 Å². The number of imidazole rings is 1. The van der Waals surface area contributed by atoms with Gasteiger partial charge in [0, 0.05) is 24.2 Å². The average molecular weight is 212 g/mol. The van der Waals surface area contributed by atoms with Crippen molar-refractivity contribution >= 4 is 11.8 Å². The van der Waals surface area contributed by atoms with Gasteiger partial charge in [-0.15, -0.1) is 0 Å². The van der Waals surface area contributed by atoms with E-state index < -0.39 is 0 Å². The molecule has 78 valence electrons. The van der Waals surface area contributed by atoms with E-state index in [0.29, 0.717) is 6.04 Å². The molecule has 0 amide bonds. The Bertz CT molecular complexity index is 281. The third-order valence-electron chi connectivity index (χ3n) is 2.67. The smallest absolute Gasteiger partial charge is 0.168 e. The fraction of sp³-hybridized carbons (Fsp3) is 0.700. The van der Waals surface area contributed by atoms with Crippen LogP contribution in [-0.2, 0) is 0 Å². The van der Waals surface area contributed by atoms with Crippen molar-refractivity contribution in [3.05, 3.63) is 12.4 Å². The quantitative estimate of drug-likeness (QED) is 0.777. The van der Waals surface area contributed by atoms with Crippen LogP contribution in [0.4, 0.5) is 0 Å². The molecule has 0 radical (unpaired) electrons. The first-order valence-corrected chi connectivity index (χ1v) is 6.17. The van der Waals surface area contributed by atoms with E-state index >= 15 is 0 Å². The summed E-state index contributed by atoms with van der Waals surface area (Å²) in [6.07, 6.45) is 9.17. The summed E-state index contributed by atoms with van der Waals surface area (Å²) >= 11 is 1.64. The highest BCUT2D eigenvalue weighted by Crippen LogP contribution is 2.32. The number of aliphatic hydroxyl groups is 1. The molecule has 1 aliphatic rings. The lowest BCUT2D eigenvalue weighted by Gasteiger charge is -2.13. The fourth-order valence-corrected chi connectivity index (χ4v) is 2.78. The number of hydrogen-bond donors (Lipinski definition) is 1. The number of hydrogen-bond acceptors (Lipinski definition) is 3. The van der Waals surface area contributed by atoms with Gasteiger partial charge in [0.15, 0.2) is 5.16 Å². The van der Waals surface area contributed by atoms with Gasteiger partial charge in [-0.2, -0.15) is 0 Å². The van der Waals surface area contributed by atoms with E-state index in [1.807, 2.05) is 6.20 Å². The number of thioether (sulfide) groups is 1. The third kappa shape index (κ3) is 2.12. The molecule has 0 bridgehead atoms. The van der Waals surface area contributed by atoms with Crippen molar-refractivity contribution in [3.63, 3.8) is 0 Å². The van der Waals surface area contributed by atoms with Crippen LogP contribution in [0.15, 0.2) is 17.6 Å². The van der Waals surface area contributed by atoms with Crippen molar-refractivity contribution in [1.82, 2.24) is 9.55 Å². The molecule has 3 nitrogen and oxygen atoms in total. The molecule has 1 heterocycles. The molecular formula is C10H16N2OS. The molecule has 0 atom stereocenters. The van der Waals surface area contributed by atoms with E-state index in [-0.39, 0.29) is 6.61 Å². The van der Waals surface area contributed by atoms with E-state index in [4.69, 9.17) is 5.11 Å². The molecule has 4 heteroatoms. The van der Waals surface area contributed by atoms with Crippen molar-refractivity contribution in [3.8, 4) is 0 Å². The van der Waals surface area contributed by atoms with Gasteiger partial charge in [0.05, 0.1) is 6.61 Å². The van der Waals surface area contributed by atoms with Gasteiger partial charge in [-0.1, -0.05) is 24.6 Å². The number of rotatable bonds is 4. The summed E-state index contributed by atoms with van der Waals surface area (Å²) in [5.74, 6) is 0.740. The van der Waals surface area contributed by atoms with E-state index in [9.17, 15) is 0 Å². The minimum Gasteiger partial charge on any atom is -0.396 e. The summed E-state index contributed by atoms with van der Waals surface area (Å²) in [5, 5.41) is 9.82. The van der Waals surface area contributed by atoms with Crippen LogP contribution in [0.2, 0.25) is 0 Å². The van der Waals surface area contributed by atoms with Crippen LogP contribution in [0.25, 0.3) is 0 Å². The van der Waals surface area contributed by atoms with E-state index in [0.717, 1.165) is 10.9 Å². The highest BCUT2D eigenvalue weighted by molar-refractivity contribution is 7.99. The van der Waals surface area contributed by atoms with E-state index in [2.05, 4.69) is 15.7 Å². The summed E-state index contributed by atoms with van der Waals surface area (Å²) in [5.41, 5.74) is 0. The maximum absolute atomic E-state index is 8.76. The van der Waals surface area contributed by atoms with E-state index in [1.165, 1.54) is 25.7 Å². The average Bonchev–Trinajstić information content (AvgIpc) is 2.84. The Hall–Kier alpha value is -0.480. The van der Waals surface area contributed by atoms with Crippen molar-refractivity contribution in [1.29, 1.82) is 0 Å². The molecule has 1 fully saturated rings. The van der Waals surface area contributed by atoms with Crippen LogP contribution in [0.5, 0.6) is 0 Å². The normalized spacial score (nSPS) is 17.8. The molecule has 1 N–H and O–H groups in total. The zero-order valence-corrected chi connectivity index (χ0v) is 9.04. The Morgan fingerprint density at radius 3 is 3.00 bits per heavy atom. The molecule has 1 aromatic heterocycles. The Morgan fingerprint density at radius 2 is 2.29 bits per heavy atom. The number of aromatic nitrogens is 2. The van der Waals surface area contributed by atoms with Gasteiger partial charge in [0.25, 0.3) is 0 Å². The lowest BCUT2D eigenvalue weighted by Crippen LogP contribution is -2.05.